The van der Waals surface area contributed by atoms with Gasteiger partial charge in [-0.05, 0) is 30.9 Å². The predicted octanol–water partition coefficient (Wildman–Crippen LogP) is 2.17. The van der Waals surface area contributed by atoms with Crippen molar-refractivity contribution in [3.63, 3.8) is 0 Å². The number of likely N-dealkylation sites (tertiary alicyclic amines) is 1. The van der Waals surface area contributed by atoms with Crippen LogP contribution in [0.3, 0.4) is 0 Å². The van der Waals surface area contributed by atoms with E-state index in [0.717, 1.165) is 12.8 Å². The molecule has 140 valence electrons. The lowest BCUT2D eigenvalue weighted by Gasteiger charge is -2.23. The van der Waals surface area contributed by atoms with Crippen LogP contribution in [0.25, 0.3) is 0 Å². The summed E-state index contributed by atoms with van der Waals surface area (Å²) in [5.41, 5.74) is 4.72. The predicted molar refractivity (Wildman–Crippen MR) is 94.5 cm³/mol. The molecule has 0 spiro atoms. The molecule has 8 nitrogen and oxygen atoms in total. The molecule has 0 aromatic heterocycles. The maximum atomic E-state index is 12.7. The standard InChI is InChI=1S/C17H20ClN3O5/c1-26-13-11(14(19)22)5-10(18)6-12(13)20-16(25)21-7-9-3-2-4-17(9,8-21)15(23)24/h5-6,9H,2-4,7-8H2,1H3,(H2,19,22)(H,20,25)(H,23,24)/t9-,17+/m0/s1. The monoisotopic (exact) mass is 381 g/mol. The molecule has 1 aromatic carbocycles. The van der Waals surface area contributed by atoms with Gasteiger partial charge in [0, 0.05) is 18.1 Å². The second kappa shape index (κ2) is 6.68. The van der Waals surface area contributed by atoms with E-state index in [2.05, 4.69) is 5.32 Å². The van der Waals surface area contributed by atoms with Gasteiger partial charge >= 0.3 is 12.0 Å². The van der Waals surface area contributed by atoms with Crippen LogP contribution in [0.15, 0.2) is 12.1 Å². The summed E-state index contributed by atoms with van der Waals surface area (Å²) < 4.78 is 5.20. The average Bonchev–Trinajstić information content (AvgIpc) is 3.12. The van der Waals surface area contributed by atoms with E-state index in [1.165, 1.54) is 24.1 Å². The van der Waals surface area contributed by atoms with Crippen molar-refractivity contribution in [2.24, 2.45) is 17.1 Å². The van der Waals surface area contributed by atoms with Gasteiger partial charge in [-0.2, -0.15) is 0 Å². The van der Waals surface area contributed by atoms with Gasteiger partial charge in [-0.3, -0.25) is 9.59 Å². The molecule has 9 heteroatoms. The Labute approximate surface area is 155 Å². The normalized spacial score (nSPS) is 24.2. The summed E-state index contributed by atoms with van der Waals surface area (Å²) in [5.74, 6) is -1.53. The third kappa shape index (κ3) is 2.94. The number of anilines is 1. The SMILES string of the molecule is COc1c(NC(=O)N2C[C@@H]3CCC[C@@]3(C(=O)O)C2)cc(Cl)cc1C(N)=O. The molecule has 2 atom stereocenters. The molecule has 0 unspecified atom stereocenters. The third-order valence-electron chi connectivity index (χ3n) is 5.35. The molecule has 1 aromatic rings. The first-order valence-electron chi connectivity index (χ1n) is 8.25. The minimum Gasteiger partial charge on any atom is -0.494 e. The van der Waals surface area contributed by atoms with Crippen molar-refractivity contribution in [3.05, 3.63) is 22.7 Å². The molecule has 26 heavy (non-hydrogen) atoms. The Morgan fingerprint density at radius 1 is 1.42 bits per heavy atom. The molecule has 1 heterocycles. The number of ether oxygens (including phenoxy) is 1. The number of carboxylic acids is 1. The molecule has 0 radical (unpaired) electrons. The highest BCUT2D eigenvalue weighted by Crippen LogP contribution is 2.49. The van der Waals surface area contributed by atoms with Gasteiger partial charge in [0.2, 0.25) is 0 Å². The van der Waals surface area contributed by atoms with Gasteiger partial charge < -0.3 is 25.8 Å². The van der Waals surface area contributed by atoms with E-state index in [1.54, 1.807) is 0 Å². The fourth-order valence-electron chi connectivity index (χ4n) is 4.08. The number of carbonyl (C=O) groups is 3. The third-order valence-corrected chi connectivity index (χ3v) is 5.57. The molecule has 1 aliphatic carbocycles. The van der Waals surface area contributed by atoms with Gasteiger partial charge in [0.05, 0.1) is 23.8 Å². The summed E-state index contributed by atoms with van der Waals surface area (Å²) in [6.07, 6.45) is 2.22. The van der Waals surface area contributed by atoms with Gasteiger partial charge in [-0.15, -0.1) is 0 Å². The van der Waals surface area contributed by atoms with Gasteiger partial charge in [-0.25, -0.2) is 4.79 Å². The largest absolute Gasteiger partial charge is 0.494 e. The summed E-state index contributed by atoms with van der Waals surface area (Å²) in [7, 11) is 1.35. The van der Waals surface area contributed by atoms with Crippen LogP contribution in [0, 0.1) is 11.3 Å². The van der Waals surface area contributed by atoms with Crippen molar-refractivity contribution in [3.8, 4) is 5.75 Å². The highest BCUT2D eigenvalue weighted by atomic mass is 35.5. The van der Waals surface area contributed by atoms with Crippen molar-refractivity contribution in [2.45, 2.75) is 19.3 Å². The number of benzene rings is 1. The molecule has 1 aliphatic heterocycles. The Balaban J connectivity index is 1.83. The summed E-state index contributed by atoms with van der Waals surface area (Å²) >= 11 is 6.00. The summed E-state index contributed by atoms with van der Waals surface area (Å²) in [4.78, 5) is 37.5. The van der Waals surface area contributed by atoms with Crippen LogP contribution in [0.1, 0.15) is 29.6 Å². The number of nitrogens with zero attached hydrogens (tertiary/aromatic N) is 1. The van der Waals surface area contributed by atoms with Crippen molar-refractivity contribution in [1.82, 2.24) is 4.90 Å². The summed E-state index contributed by atoms with van der Waals surface area (Å²) in [6.45, 7) is 0.536. The number of halogens is 1. The lowest BCUT2D eigenvalue weighted by Crippen LogP contribution is -2.38. The number of aliphatic carboxylic acids is 1. The fourth-order valence-corrected chi connectivity index (χ4v) is 4.30. The maximum Gasteiger partial charge on any atom is 0.321 e. The second-order valence-electron chi connectivity index (χ2n) is 6.76. The lowest BCUT2D eigenvalue weighted by atomic mass is 9.81. The van der Waals surface area contributed by atoms with Crippen LogP contribution in [-0.2, 0) is 4.79 Å². The van der Waals surface area contributed by atoms with Gasteiger partial charge in [-0.1, -0.05) is 18.0 Å². The second-order valence-corrected chi connectivity index (χ2v) is 7.20. The number of rotatable bonds is 4. The first kappa shape index (κ1) is 18.3. The molecule has 4 N–H and O–H groups in total. The van der Waals surface area contributed by atoms with E-state index in [4.69, 9.17) is 22.1 Å². The molecular formula is C17H20ClN3O5. The number of amides is 3. The number of carbonyl (C=O) groups excluding carboxylic acids is 2. The zero-order chi connectivity index (χ0) is 19.1. The van der Waals surface area contributed by atoms with E-state index in [-0.39, 0.29) is 34.5 Å². The Hall–Kier alpha value is -2.48. The maximum absolute atomic E-state index is 12.7. The molecule has 3 rings (SSSR count). The van der Waals surface area contributed by atoms with Crippen LogP contribution < -0.4 is 15.8 Å². The summed E-state index contributed by atoms with van der Waals surface area (Å²) in [5, 5.41) is 12.5. The molecule has 2 fully saturated rings. The Morgan fingerprint density at radius 2 is 2.15 bits per heavy atom. The zero-order valence-electron chi connectivity index (χ0n) is 14.3. The molecule has 1 saturated heterocycles. The van der Waals surface area contributed by atoms with E-state index in [1.807, 2.05) is 0 Å². The summed E-state index contributed by atoms with van der Waals surface area (Å²) in [6, 6.07) is 2.35. The van der Waals surface area contributed by atoms with Gasteiger partial charge in [0.25, 0.3) is 5.91 Å². The minimum atomic E-state index is -0.867. The number of hydrogen-bond donors (Lipinski definition) is 3. The van der Waals surface area contributed by atoms with Crippen LogP contribution in [0.2, 0.25) is 5.02 Å². The Kier molecular flexibility index (Phi) is 4.70. The highest BCUT2D eigenvalue weighted by Gasteiger charge is 2.55. The highest BCUT2D eigenvalue weighted by molar-refractivity contribution is 6.31. The van der Waals surface area contributed by atoms with E-state index in [0.29, 0.717) is 13.0 Å². The number of carboxylic acid groups (broad SMARTS) is 1. The molecule has 0 bridgehead atoms. The number of nitrogens with one attached hydrogen (secondary N) is 1. The van der Waals surface area contributed by atoms with Gasteiger partial charge in [0.15, 0.2) is 5.75 Å². The van der Waals surface area contributed by atoms with Crippen LogP contribution in [0.4, 0.5) is 10.5 Å². The van der Waals surface area contributed by atoms with Crippen molar-refractivity contribution < 1.29 is 24.2 Å². The number of nitrogens with two attached hydrogens (primary N) is 1. The molecule has 1 saturated carbocycles. The molecular weight excluding hydrogens is 362 g/mol. The van der Waals surface area contributed by atoms with Crippen molar-refractivity contribution >= 4 is 35.2 Å². The van der Waals surface area contributed by atoms with E-state index >= 15 is 0 Å². The van der Waals surface area contributed by atoms with E-state index < -0.39 is 23.3 Å². The van der Waals surface area contributed by atoms with Crippen LogP contribution in [0.5, 0.6) is 5.75 Å². The number of methoxy groups -OCH3 is 1. The van der Waals surface area contributed by atoms with Crippen molar-refractivity contribution in [2.75, 3.05) is 25.5 Å². The minimum absolute atomic E-state index is 0.0480. The van der Waals surface area contributed by atoms with Crippen LogP contribution in [-0.4, -0.2) is 48.1 Å². The van der Waals surface area contributed by atoms with E-state index in [9.17, 15) is 19.5 Å². The average molecular weight is 382 g/mol. The molecule has 3 amide bonds. The smallest absolute Gasteiger partial charge is 0.321 e. The fraction of sp³-hybridized carbons (Fsp3) is 0.471. The van der Waals surface area contributed by atoms with Crippen LogP contribution >= 0.6 is 11.6 Å². The zero-order valence-corrected chi connectivity index (χ0v) is 15.0. The van der Waals surface area contributed by atoms with Gasteiger partial charge in [0.1, 0.15) is 0 Å². The number of urea groups is 1. The number of primary amides is 1. The first-order valence-corrected chi connectivity index (χ1v) is 8.63. The van der Waals surface area contributed by atoms with Crippen molar-refractivity contribution in [1.29, 1.82) is 0 Å². The lowest BCUT2D eigenvalue weighted by molar-refractivity contribution is -0.149. The number of hydrogen-bond acceptors (Lipinski definition) is 4. The topological polar surface area (TPSA) is 122 Å². The number of fused-ring (bicyclic) bond motifs is 1. The quantitative estimate of drug-likeness (QED) is 0.737. The Morgan fingerprint density at radius 3 is 2.73 bits per heavy atom. The first-order chi connectivity index (χ1) is 12.3. The Bertz CT molecular complexity index is 784. The molecule has 2 aliphatic rings.